The van der Waals surface area contributed by atoms with Gasteiger partial charge in [0.25, 0.3) is 6.29 Å². The first kappa shape index (κ1) is 75.8. The third kappa shape index (κ3) is 21.0. The molecule has 22 nitrogen and oxygen atoms in total. The molecule has 0 spiro atoms. The molecule has 3 heterocycles. The van der Waals surface area contributed by atoms with Crippen molar-refractivity contribution in [2.24, 2.45) is 0 Å². The van der Waals surface area contributed by atoms with Crippen molar-refractivity contribution in [3.63, 3.8) is 0 Å². The van der Waals surface area contributed by atoms with Crippen LogP contribution in [0.4, 0.5) is 57.0 Å². The van der Waals surface area contributed by atoms with E-state index in [9.17, 15) is 42.6 Å². The van der Waals surface area contributed by atoms with Crippen molar-refractivity contribution in [3.05, 3.63) is 312 Å². The zero-order valence-corrected chi connectivity index (χ0v) is 58.0. The van der Waals surface area contributed by atoms with Gasteiger partial charge < -0.3 is 70.2 Å². The lowest BCUT2D eigenvalue weighted by molar-refractivity contribution is -0.0724. The number of para-hydroxylation sites is 3. The Kier molecular flexibility index (Phi) is 26.9. The van der Waals surface area contributed by atoms with Gasteiger partial charge in [0.1, 0.15) is 17.1 Å². The molecular weight excluding hydrogens is 1390 g/mol. The summed E-state index contributed by atoms with van der Waals surface area (Å²) in [5, 5.41) is 52.8. The summed E-state index contributed by atoms with van der Waals surface area (Å²) in [5.41, 5.74) is 12.2. The Labute approximate surface area is 603 Å². The molecule has 11 aromatic rings. The van der Waals surface area contributed by atoms with E-state index in [-0.39, 0.29) is 50.8 Å². The van der Waals surface area contributed by atoms with Crippen LogP contribution in [0.15, 0.2) is 229 Å². The predicted octanol–water partition coefficient (Wildman–Crippen LogP) is 18.5. The maximum Gasteiger partial charge on any atom is 0.345 e. The van der Waals surface area contributed by atoms with Gasteiger partial charge in [0.15, 0.2) is 0 Å². The highest BCUT2D eigenvalue weighted by molar-refractivity contribution is 7.80. The highest BCUT2D eigenvalue weighted by Crippen LogP contribution is 2.37. The van der Waals surface area contributed by atoms with Crippen molar-refractivity contribution in [1.29, 1.82) is 0 Å². The lowest BCUT2D eigenvalue weighted by Gasteiger charge is -2.14. The minimum absolute atomic E-state index is 0.00838. The largest absolute Gasteiger partial charge is 0.755 e. The maximum absolute atomic E-state index is 12.7. The SMILES string of the molecule is Cc1ccc(Cl)c(Nc2ccccc2C(=O)O)c1Cl.Cc1cccc(Nc2ccccc2C(=O)O)c1.Cc1cccc(Nc2ccccc2C(=O)O)c1C.Cc1cccc(Nc2ncccc2C(=O)OC2OC(=O)c3ccccc32)c1.O=C(O)c1cc(NS(=O)[O-])c(Cl)cc1NCc1ccco1. The number of benzene rings is 9. The van der Waals surface area contributed by atoms with Crippen LogP contribution in [-0.4, -0.2) is 70.0 Å². The molecule has 26 heteroatoms. The van der Waals surface area contributed by atoms with E-state index >= 15 is 0 Å². The van der Waals surface area contributed by atoms with E-state index in [1.54, 1.807) is 121 Å². The fraction of sp³-hybridized carbons (Fsp3) is 0.0921. The van der Waals surface area contributed by atoms with E-state index in [0.717, 1.165) is 45.4 Å². The number of fused-ring (bicyclic) bond motifs is 1. The summed E-state index contributed by atoms with van der Waals surface area (Å²) >= 11 is 15.6. The molecule has 0 amide bonds. The van der Waals surface area contributed by atoms with Crippen molar-refractivity contribution in [1.82, 2.24) is 4.98 Å². The van der Waals surface area contributed by atoms with E-state index in [1.165, 1.54) is 24.0 Å². The molecule has 0 fully saturated rings. The van der Waals surface area contributed by atoms with Gasteiger partial charge in [-0.1, -0.05) is 132 Å². The molecule has 0 saturated carbocycles. The number of halogens is 3. The molecule has 0 saturated heterocycles. The minimum Gasteiger partial charge on any atom is -0.755 e. The lowest BCUT2D eigenvalue weighted by Crippen LogP contribution is -2.14. The molecule has 102 heavy (non-hydrogen) atoms. The number of aryl methyl sites for hydroxylation is 4. The van der Waals surface area contributed by atoms with Gasteiger partial charge in [0, 0.05) is 40.1 Å². The van der Waals surface area contributed by atoms with Gasteiger partial charge in [0.05, 0.1) is 89.8 Å². The smallest absolute Gasteiger partial charge is 0.345 e. The van der Waals surface area contributed by atoms with Gasteiger partial charge in [-0.2, -0.15) is 0 Å². The molecule has 0 aliphatic carbocycles. The average molecular weight is 1450 g/mol. The zero-order valence-electron chi connectivity index (χ0n) is 54.9. The molecule has 9 aromatic carbocycles. The van der Waals surface area contributed by atoms with Crippen molar-refractivity contribution in [2.75, 3.05) is 31.3 Å². The van der Waals surface area contributed by atoms with Gasteiger partial charge in [-0.25, -0.2) is 33.8 Å². The Morgan fingerprint density at radius 3 is 1.64 bits per heavy atom. The van der Waals surface area contributed by atoms with E-state index in [2.05, 4.69) is 31.6 Å². The molecular formula is C76H65Cl3N7O15S-. The zero-order chi connectivity index (χ0) is 73.6. The van der Waals surface area contributed by atoms with Crippen LogP contribution in [0.25, 0.3) is 0 Å². The molecule has 1 aliphatic heterocycles. The number of anilines is 10. The lowest BCUT2D eigenvalue weighted by atomic mass is 10.1. The number of aromatic nitrogens is 1. The number of esters is 2. The van der Waals surface area contributed by atoms with Crippen LogP contribution in [0.5, 0.6) is 0 Å². The van der Waals surface area contributed by atoms with Crippen LogP contribution in [0, 0.1) is 34.6 Å². The van der Waals surface area contributed by atoms with Crippen LogP contribution in [0.3, 0.4) is 0 Å². The molecule has 522 valence electrons. The standard InChI is InChI=1S/C21H16N2O4.C15H15NO2.C14H11Cl2NO2.C14H13NO2.C12H11ClN2O5S/c1-13-6-4-7-14(12-13)23-18-17(10-5-11-22-18)20(25)27-21-16-9-3-2-8-15(16)19(24)26-21;1-10-6-5-9-13(11(10)2)16-14-8-4-3-7-12(14)15(17)18;1-8-6-7-10(15)13(12(8)16)17-11-5-3-2-4-9(11)14(18)19;1-10-5-4-6-11(9-10)15-13-8-3-2-7-12(13)14(16)17;13-9-5-10(14-6-7-2-1-3-20-7)8(12(16)17)4-11(9)15-21(18)19/h2-12,21H,1H3,(H,22,23);3-9,16H,1-2H3,(H,17,18);2-7,17H,1H3,(H,18,19);2-9,15H,1H3,(H,16,17);1-5,14-15H,6H2,(H,16,17)(H,18,19)/p-1. The summed E-state index contributed by atoms with van der Waals surface area (Å²) < 4.78 is 39.0. The summed E-state index contributed by atoms with van der Waals surface area (Å²) in [6.07, 6.45) is 2.02. The molecule has 2 atom stereocenters. The third-order valence-electron chi connectivity index (χ3n) is 14.9. The van der Waals surface area contributed by atoms with Gasteiger partial charge in [-0.05, 0) is 178 Å². The van der Waals surface area contributed by atoms with Crippen molar-refractivity contribution in [2.45, 2.75) is 47.5 Å². The number of nitrogens with zero attached hydrogens (tertiary/aromatic N) is 1. The normalized spacial score (nSPS) is 11.8. The Balaban J connectivity index is 0.000000164. The van der Waals surface area contributed by atoms with Crippen LogP contribution in [0.1, 0.15) is 108 Å². The first-order valence-electron chi connectivity index (χ1n) is 30.7. The highest BCUT2D eigenvalue weighted by atomic mass is 35.5. The van der Waals surface area contributed by atoms with E-state index in [0.29, 0.717) is 55.5 Å². The number of hydrogen-bond acceptors (Lipinski definition) is 17. The number of nitrogens with one attached hydrogen (secondary N) is 6. The van der Waals surface area contributed by atoms with Gasteiger partial charge in [-0.15, -0.1) is 0 Å². The van der Waals surface area contributed by atoms with Crippen LogP contribution in [0.2, 0.25) is 15.1 Å². The number of cyclic esters (lactones) is 1. The first-order valence-corrected chi connectivity index (χ1v) is 32.9. The first-order chi connectivity index (χ1) is 48.8. The fourth-order valence-corrected chi connectivity index (χ4v) is 10.8. The number of pyridine rings is 1. The molecule has 0 bridgehead atoms. The highest BCUT2D eigenvalue weighted by Gasteiger charge is 2.34. The molecule has 10 N–H and O–H groups in total. The topological polar surface area (TPSA) is 340 Å². The van der Waals surface area contributed by atoms with Gasteiger partial charge in [-0.3, -0.25) is 4.21 Å². The Morgan fingerprint density at radius 1 is 0.520 bits per heavy atom. The van der Waals surface area contributed by atoms with E-state index in [1.807, 2.05) is 118 Å². The number of furan rings is 1. The van der Waals surface area contributed by atoms with Gasteiger partial charge >= 0.3 is 35.8 Å². The molecule has 1 aliphatic rings. The summed E-state index contributed by atoms with van der Waals surface area (Å²) in [6, 6.07) is 61.3. The molecule has 2 unspecified atom stereocenters. The number of aromatic carboxylic acids is 4. The molecule has 12 rings (SSSR count). The number of ether oxygens (including phenoxy) is 2. The fourth-order valence-electron chi connectivity index (χ4n) is 9.70. The van der Waals surface area contributed by atoms with Crippen molar-refractivity contribution < 1.29 is 71.8 Å². The second-order valence-corrected chi connectivity index (χ2v) is 24.0. The second kappa shape index (κ2) is 36.2. The number of carboxylic acids is 4. The van der Waals surface area contributed by atoms with E-state index < -0.39 is 53.4 Å². The Bertz CT molecular complexity index is 4890. The molecule has 2 aromatic heterocycles. The summed E-state index contributed by atoms with van der Waals surface area (Å²) in [7, 11) is 0. The number of carboxylic acid groups (broad SMARTS) is 4. The Hall–Kier alpha value is -12.0. The third-order valence-corrected chi connectivity index (χ3v) is 16.4. The minimum atomic E-state index is -2.60. The number of hydrogen-bond donors (Lipinski definition) is 10. The summed E-state index contributed by atoms with van der Waals surface area (Å²) in [6.45, 7) is 10.1. The predicted molar refractivity (Wildman–Crippen MR) is 394 cm³/mol. The maximum atomic E-state index is 12.7. The van der Waals surface area contributed by atoms with Crippen LogP contribution >= 0.6 is 34.8 Å². The van der Waals surface area contributed by atoms with Crippen molar-refractivity contribution >= 4 is 139 Å². The number of carbonyl (C=O) groups is 6. The monoisotopic (exact) mass is 1450 g/mol. The quantitative estimate of drug-likeness (QED) is 0.0265. The Morgan fingerprint density at radius 2 is 1.06 bits per heavy atom. The van der Waals surface area contributed by atoms with Crippen LogP contribution in [-0.2, 0) is 27.3 Å². The van der Waals surface area contributed by atoms with Crippen LogP contribution < -0.4 is 31.3 Å². The number of rotatable bonds is 19. The summed E-state index contributed by atoms with van der Waals surface area (Å²) in [5.74, 6) is -4.24. The second-order valence-electron chi connectivity index (χ2n) is 22.2. The molecule has 0 radical (unpaired) electrons. The average Bonchev–Trinajstić information content (AvgIpc) is 1.58. The van der Waals surface area contributed by atoms with Gasteiger partial charge in [0.2, 0.25) is 0 Å². The van der Waals surface area contributed by atoms with E-state index in [4.69, 9.17) is 64.0 Å². The van der Waals surface area contributed by atoms with Crippen molar-refractivity contribution in [3.8, 4) is 0 Å². The number of carbonyl (C=O) groups excluding carboxylic acids is 2. The summed E-state index contributed by atoms with van der Waals surface area (Å²) in [4.78, 5) is 73.4.